The number of anilines is 2. The van der Waals surface area contributed by atoms with Crippen LogP contribution in [0.3, 0.4) is 0 Å². The third kappa shape index (κ3) is 2.12. The van der Waals surface area contributed by atoms with E-state index in [1.165, 1.54) is 11.3 Å². The summed E-state index contributed by atoms with van der Waals surface area (Å²) in [5.74, 6) is 0.763. The molecule has 0 unspecified atom stereocenters. The first kappa shape index (κ1) is 11.9. The molecule has 0 amide bonds. The number of nitrogen functional groups attached to an aromatic ring is 1. The molecule has 0 saturated heterocycles. The van der Waals surface area contributed by atoms with Gasteiger partial charge in [0.05, 0.1) is 17.1 Å². The van der Waals surface area contributed by atoms with E-state index in [-0.39, 0.29) is 0 Å². The van der Waals surface area contributed by atoms with Crippen LogP contribution in [0.1, 0.15) is 22.6 Å². The zero-order valence-electron chi connectivity index (χ0n) is 11.2. The fourth-order valence-corrected chi connectivity index (χ4v) is 2.39. The molecular weight excluding hydrogens is 238 g/mol. The summed E-state index contributed by atoms with van der Waals surface area (Å²) in [6, 6.07) is 4.09. The van der Waals surface area contributed by atoms with Gasteiger partial charge in [0.25, 0.3) is 0 Å². The van der Waals surface area contributed by atoms with E-state index >= 15 is 0 Å². The lowest BCUT2D eigenvalue weighted by Crippen LogP contribution is -2.32. The van der Waals surface area contributed by atoms with Crippen molar-refractivity contribution >= 4 is 11.6 Å². The number of aromatic nitrogens is 3. The van der Waals surface area contributed by atoms with E-state index in [1.807, 2.05) is 26.1 Å². The van der Waals surface area contributed by atoms with E-state index in [0.717, 1.165) is 36.8 Å². The van der Waals surface area contributed by atoms with Crippen LogP contribution in [0.25, 0.3) is 0 Å². The summed E-state index contributed by atoms with van der Waals surface area (Å²) in [5, 5.41) is 0. The minimum absolute atomic E-state index is 0.683. The molecule has 0 aromatic carbocycles. The van der Waals surface area contributed by atoms with Crippen molar-refractivity contribution in [3.05, 3.63) is 41.0 Å². The molecule has 2 aromatic rings. The first-order chi connectivity index (χ1) is 9.15. The van der Waals surface area contributed by atoms with E-state index in [0.29, 0.717) is 5.69 Å². The molecule has 0 spiro atoms. The molecular formula is C14H17N5. The highest BCUT2D eigenvalue weighted by Crippen LogP contribution is 2.22. The number of hydrogen-bond donors (Lipinski definition) is 1. The van der Waals surface area contributed by atoms with Crippen LogP contribution < -0.4 is 10.6 Å². The highest BCUT2D eigenvalue weighted by Gasteiger charge is 2.20. The Morgan fingerprint density at radius 3 is 2.68 bits per heavy atom. The molecule has 0 radical (unpaired) electrons. The van der Waals surface area contributed by atoms with Crippen LogP contribution in [0.2, 0.25) is 0 Å². The predicted octanol–water partition coefficient (Wildman–Crippen LogP) is 1.63. The van der Waals surface area contributed by atoms with Crippen molar-refractivity contribution in [2.45, 2.75) is 26.8 Å². The molecule has 5 nitrogen and oxygen atoms in total. The summed E-state index contributed by atoms with van der Waals surface area (Å²) >= 11 is 0. The number of hydrogen-bond acceptors (Lipinski definition) is 5. The summed E-state index contributed by atoms with van der Waals surface area (Å²) in [6.07, 6.45) is 2.78. The zero-order chi connectivity index (χ0) is 13.4. The second kappa shape index (κ2) is 4.50. The summed E-state index contributed by atoms with van der Waals surface area (Å²) in [7, 11) is 0. The molecule has 1 aliphatic rings. The molecule has 0 bridgehead atoms. The fourth-order valence-electron chi connectivity index (χ4n) is 2.39. The van der Waals surface area contributed by atoms with Crippen molar-refractivity contribution in [2.24, 2.45) is 0 Å². The van der Waals surface area contributed by atoms with Crippen molar-refractivity contribution in [1.82, 2.24) is 15.0 Å². The van der Waals surface area contributed by atoms with Gasteiger partial charge in [-0.25, -0.2) is 9.97 Å². The number of aryl methyl sites for hydroxylation is 2. The van der Waals surface area contributed by atoms with Crippen molar-refractivity contribution in [3.8, 4) is 0 Å². The maximum atomic E-state index is 5.90. The van der Waals surface area contributed by atoms with Gasteiger partial charge < -0.3 is 10.6 Å². The molecule has 0 fully saturated rings. The Balaban J connectivity index is 1.93. The summed E-state index contributed by atoms with van der Waals surface area (Å²) in [6.45, 7) is 5.55. The van der Waals surface area contributed by atoms with Crippen LogP contribution in [0.4, 0.5) is 11.6 Å². The maximum Gasteiger partial charge on any atom is 0.226 e. The monoisotopic (exact) mass is 255 g/mol. The van der Waals surface area contributed by atoms with Crippen LogP contribution in [0.5, 0.6) is 0 Å². The number of fused-ring (bicyclic) bond motifs is 1. The summed E-state index contributed by atoms with van der Waals surface area (Å²) in [4.78, 5) is 15.6. The minimum Gasteiger partial charge on any atom is -0.396 e. The number of pyridine rings is 1. The van der Waals surface area contributed by atoms with Gasteiger partial charge >= 0.3 is 0 Å². The molecule has 0 aliphatic carbocycles. The van der Waals surface area contributed by atoms with Crippen LogP contribution in [0, 0.1) is 13.8 Å². The first-order valence-electron chi connectivity index (χ1n) is 6.43. The Labute approximate surface area is 112 Å². The topological polar surface area (TPSA) is 67.9 Å². The Bertz CT molecular complexity index is 600. The van der Waals surface area contributed by atoms with E-state index in [9.17, 15) is 0 Å². The van der Waals surface area contributed by atoms with Crippen molar-refractivity contribution < 1.29 is 0 Å². The number of nitrogens with two attached hydrogens (primary N) is 1. The van der Waals surface area contributed by atoms with Crippen LogP contribution >= 0.6 is 0 Å². The number of rotatable bonds is 1. The van der Waals surface area contributed by atoms with Crippen LogP contribution in [0.15, 0.2) is 18.3 Å². The lowest BCUT2D eigenvalue weighted by molar-refractivity contribution is 0.688. The lowest BCUT2D eigenvalue weighted by Gasteiger charge is -2.28. The van der Waals surface area contributed by atoms with Crippen LogP contribution in [-0.4, -0.2) is 21.5 Å². The Hall–Kier alpha value is -2.17. The predicted molar refractivity (Wildman–Crippen MR) is 74.9 cm³/mol. The SMILES string of the molecule is Cc1nc(N2CCc3ncccc3C2)nc(C)c1N. The van der Waals surface area contributed by atoms with Crippen molar-refractivity contribution in [2.75, 3.05) is 17.2 Å². The standard InChI is InChI=1S/C14H17N5/c1-9-13(15)10(2)18-14(17-9)19-7-5-12-11(8-19)4-3-6-16-12/h3-4,6H,5,7-8,15H2,1-2H3. The van der Waals surface area contributed by atoms with Gasteiger partial charge in [0.15, 0.2) is 0 Å². The highest BCUT2D eigenvalue weighted by atomic mass is 15.3. The molecule has 98 valence electrons. The first-order valence-corrected chi connectivity index (χ1v) is 6.43. The molecule has 1 aliphatic heterocycles. The number of nitrogens with zero attached hydrogens (tertiary/aromatic N) is 4. The minimum atomic E-state index is 0.683. The smallest absolute Gasteiger partial charge is 0.226 e. The van der Waals surface area contributed by atoms with E-state index < -0.39 is 0 Å². The molecule has 19 heavy (non-hydrogen) atoms. The maximum absolute atomic E-state index is 5.90. The van der Waals surface area contributed by atoms with Gasteiger partial charge in [-0.05, 0) is 25.5 Å². The van der Waals surface area contributed by atoms with Gasteiger partial charge in [-0.1, -0.05) is 6.07 Å². The van der Waals surface area contributed by atoms with Crippen molar-refractivity contribution in [3.63, 3.8) is 0 Å². The van der Waals surface area contributed by atoms with E-state index in [4.69, 9.17) is 5.73 Å². The lowest BCUT2D eigenvalue weighted by atomic mass is 10.1. The highest BCUT2D eigenvalue weighted by molar-refractivity contribution is 5.50. The average molecular weight is 255 g/mol. The fraction of sp³-hybridized carbons (Fsp3) is 0.357. The van der Waals surface area contributed by atoms with Gasteiger partial charge in [0.1, 0.15) is 0 Å². The zero-order valence-corrected chi connectivity index (χ0v) is 11.2. The second-order valence-corrected chi connectivity index (χ2v) is 4.89. The third-order valence-corrected chi connectivity index (χ3v) is 3.56. The normalized spacial score (nSPS) is 14.3. The van der Waals surface area contributed by atoms with Gasteiger partial charge in [-0.2, -0.15) is 0 Å². The molecule has 5 heteroatoms. The Morgan fingerprint density at radius 2 is 1.95 bits per heavy atom. The molecule has 3 heterocycles. The molecule has 0 atom stereocenters. The van der Waals surface area contributed by atoms with Crippen LogP contribution in [-0.2, 0) is 13.0 Å². The third-order valence-electron chi connectivity index (χ3n) is 3.56. The van der Waals surface area contributed by atoms with Gasteiger partial charge in [0, 0.05) is 31.4 Å². The quantitative estimate of drug-likeness (QED) is 0.839. The molecule has 3 rings (SSSR count). The molecule has 2 aromatic heterocycles. The second-order valence-electron chi connectivity index (χ2n) is 4.89. The van der Waals surface area contributed by atoms with E-state index in [1.54, 1.807) is 0 Å². The molecule has 2 N–H and O–H groups in total. The van der Waals surface area contributed by atoms with Gasteiger partial charge in [-0.15, -0.1) is 0 Å². The van der Waals surface area contributed by atoms with Gasteiger partial charge in [0.2, 0.25) is 5.95 Å². The van der Waals surface area contributed by atoms with Crippen molar-refractivity contribution in [1.29, 1.82) is 0 Å². The average Bonchev–Trinajstić information content (AvgIpc) is 2.43. The molecule has 0 saturated carbocycles. The van der Waals surface area contributed by atoms with Gasteiger partial charge in [-0.3, -0.25) is 4.98 Å². The largest absolute Gasteiger partial charge is 0.396 e. The van der Waals surface area contributed by atoms with E-state index in [2.05, 4.69) is 25.9 Å². The Kier molecular flexibility index (Phi) is 2.81. The summed E-state index contributed by atoms with van der Waals surface area (Å²) in [5.41, 5.74) is 10.7. The summed E-state index contributed by atoms with van der Waals surface area (Å²) < 4.78 is 0. The Morgan fingerprint density at radius 1 is 1.21 bits per heavy atom.